The van der Waals surface area contributed by atoms with Crippen LogP contribution < -0.4 is 9.47 Å². The third-order valence-corrected chi connectivity index (χ3v) is 3.69. The van der Waals surface area contributed by atoms with Gasteiger partial charge in [-0.25, -0.2) is 0 Å². The van der Waals surface area contributed by atoms with Gasteiger partial charge in [0.2, 0.25) is 0 Å². The van der Waals surface area contributed by atoms with Crippen LogP contribution in [0.1, 0.15) is 16.7 Å². The van der Waals surface area contributed by atoms with E-state index in [0.717, 1.165) is 21.2 Å². The highest BCUT2D eigenvalue weighted by Crippen LogP contribution is 2.41. The van der Waals surface area contributed by atoms with Gasteiger partial charge in [0.15, 0.2) is 11.5 Å². The predicted octanol–water partition coefficient (Wildman–Crippen LogP) is 2.58. The maximum Gasteiger partial charge on any atom is 0.166 e. The van der Waals surface area contributed by atoms with E-state index in [1.165, 1.54) is 0 Å². The van der Waals surface area contributed by atoms with Crippen LogP contribution in [0.3, 0.4) is 0 Å². The molecule has 1 aromatic rings. The van der Waals surface area contributed by atoms with Gasteiger partial charge in [-0.2, -0.15) is 0 Å². The molecule has 0 aliphatic heterocycles. The number of aliphatic hydroxyl groups is 1. The summed E-state index contributed by atoms with van der Waals surface area (Å²) in [5, 5.41) is 9.31. The standard InChI is InChI=1S/C11H15BrO3/c1-6-8(5-13)11(15-4)10(14-3)7(2)9(6)12/h13H,5H2,1-4H3. The van der Waals surface area contributed by atoms with E-state index >= 15 is 0 Å². The molecule has 0 atom stereocenters. The highest BCUT2D eigenvalue weighted by molar-refractivity contribution is 9.10. The fourth-order valence-electron chi connectivity index (χ4n) is 1.64. The Hall–Kier alpha value is -0.740. The van der Waals surface area contributed by atoms with E-state index in [1.54, 1.807) is 14.2 Å². The van der Waals surface area contributed by atoms with Crippen molar-refractivity contribution < 1.29 is 14.6 Å². The Kier molecular flexibility index (Phi) is 3.99. The molecule has 0 unspecified atom stereocenters. The average molecular weight is 275 g/mol. The van der Waals surface area contributed by atoms with E-state index in [-0.39, 0.29) is 6.61 Å². The summed E-state index contributed by atoms with van der Waals surface area (Å²) < 4.78 is 11.5. The number of rotatable bonds is 3. The summed E-state index contributed by atoms with van der Waals surface area (Å²) in [6.07, 6.45) is 0. The number of benzene rings is 1. The average Bonchev–Trinajstić information content (AvgIpc) is 2.25. The molecule has 0 heterocycles. The quantitative estimate of drug-likeness (QED) is 0.921. The molecule has 84 valence electrons. The molecule has 0 radical (unpaired) electrons. The summed E-state index contributed by atoms with van der Waals surface area (Å²) in [6, 6.07) is 0. The molecule has 15 heavy (non-hydrogen) atoms. The molecule has 3 nitrogen and oxygen atoms in total. The van der Waals surface area contributed by atoms with Crippen molar-refractivity contribution >= 4 is 15.9 Å². The Labute approximate surface area is 98.1 Å². The van der Waals surface area contributed by atoms with Gasteiger partial charge < -0.3 is 14.6 Å². The zero-order chi connectivity index (χ0) is 11.6. The molecule has 0 saturated carbocycles. The number of hydrogen-bond donors (Lipinski definition) is 1. The Morgan fingerprint density at radius 3 is 2.00 bits per heavy atom. The fourth-order valence-corrected chi connectivity index (χ4v) is 2.06. The lowest BCUT2D eigenvalue weighted by Gasteiger charge is -2.18. The third-order valence-electron chi connectivity index (χ3n) is 2.50. The smallest absolute Gasteiger partial charge is 0.166 e. The summed E-state index contributed by atoms with van der Waals surface area (Å²) in [4.78, 5) is 0. The molecule has 1 N–H and O–H groups in total. The van der Waals surface area contributed by atoms with E-state index in [0.29, 0.717) is 11.5 Å². The van der Waals surface area contributed by atoms with Crippen LogP contribution in [-0.2, 0) is 6.61 Å². The monoisotopic (exact) mass is 274 g/mol. The fraction of sp³-hybridized carbons (Fsp3) is 0.455. The SMILES string of the molecule is COc1c(C)c(Br)c(C)c(CO)c1OC. The van der Waals surface area contributed by atoms with E-state index in [9.17, 15) is 5.11 Å². The van der Waals surface area contributed by atoms with E-state index in [2.05, 4.69) is 15.9 Å². The number of methoxy groups -OCH3 is 2. The normalized spacial score (nSPS) is 10.3. The van der Waals surface area contributed by atoms with Gasteiger partial charge >= 0.3 is 0 Å². The second-order valence-corrected chi connectivity index (χ2v) is 4.06. The topological polar surface area (TPSA) is 38.7 Å². The van der Waals surface area contributed by atoms with E-state index < -0.39 is 0 Å². The van der Waals surface area contributed by atoms with Crippen molar-refractivity contribution in [3.05, 3.63) is 21.2 Å². The molecule has 4 heteroatoms. The van der Waals surface area contributed by atoms with Gasteiger partial charge in [0.1, 0.15) is 0 Å². The molecule has 0 saturated heterocycles. The summed E-state index contributed by atoms with van der Waals surface area (Å²) in [5.41, 5.74) is 2.71. The van der Waals surface area contributed by atoms with Crippen LogP contribution in [0.2, 0.25) is 0 Å². The summed E-state index contributed by atoms with van der Waals surface area (Å²) in [6.45, 7) is 3.81. The van der Waals surface area contributed by atoms with E-state index in [4.69, 9.17) is 9.47 Å². The van der Waals surface area contributed by atoms with Gasteiger partial charge in [-0.15, -0.1) is 0 Å². The maximum atomic E-state index is 9.31. The predicted molar refractivity (Wildman–Crippen MR) is 62.6 cm³/mol. The van der Waals surface area contributed by atoms with Crippen LogP contribution in [0.5, 0.6) is 11.5 Å². The van der Waals surface area contributed by atoms with Crippen LogP contribution in [0, 0.1) is 13.8 Å². The second kappa shape index (κ2) is 4.86. The van der Waals surface area contributed by atoms with E-state index in [1.807, 2.05) is 13.8 Å². The molecule has 0 spiro atoms. The summed E-state index contributed by atoms with van der Waals surface area (Å²) in [7, 11) is 3.16. The highest BCUT2D eigenvalue weighted by Gasteiger charge is 2.19. The minimum Gasteiger partial charge on any atom is -0.493 e. The van der Waals surface area contributed by atoms with Crippen molar-refractivity contribution in [1.82, 2.24) is 0 Å². The summed E-state index contributed by atoms with van der Waals surface area (Å²) >= 11 is 3.48. The van der Waals surface area contributed by atoms with Gasteiger partial charge in [0.05, 0.1) is 20.8 Å². The zero-order valence-electron chi connectivity index (χ0n) is 9.35. The van der Waals surface area contributed by atoms with Gasteiger partial charge in [0.25, 0.3) is 0 Å². The first-order valence-corrected chi connectivity index (χ1v) is 5.38. The van der Waals surface area contributed by atoms with Gasteiger partial charge in [-0.1, -0.05) is 15.9 Å². The number of aliphatic hydroxyl groups excluding tert-OH is 1. The molecule has 0 aromatic heterocycles. The van der Waals surface area contributed by atoms with Crippen LogP contribution in [0.15, 0.2) is 4.47 Å². The Balaban J connectivity index is 3.59. The van der Waals surface area contributed by atoms with Crippen molar-refractivity contribution in [2.45, 2.75) is 20.5 Å². The minimum atomic E-state index is -0.0652. The number of ether oxygens (including phenoxy) is 2. The molecular weight excluding hydrogens is 260 g/mol. The lowest BCUT2D eigenvalue weighted by molar-refractivity contribution is 0.268. The molecule has 1 aromatic carbocycles. The number of hydrogen-bond acceptors (Lipinski definition) is 3. The van der Waals surface area contributed by atoms with Gasteiger partial charge in [-0.05, 0) is 19.4 Å². The number of halogens is 1. The lowest BCUT2D eigenvalue weighted by Crippen LogP contribution is -2.02. The molecule has 0 aliphatic carbocycles. The molecule has 0 bridgehead atoms. The first-order valence-electron chi connectivity index (χ1n) is 4.58. The van der Waals surface area contributed by atoms with Crippen molar-refractivity contribution in [1.29, 1.82) is 0 Å². The Morgan fingerprint density at radius 1 is 1.07 bits per heavy atom. The molecular formula is C11H15BrO3. The molecule has 0 amide bonds. The molecule has 0 aliphatic rings. The first kappa shape index (κ1) is 12.3. The van der Waals surface area contributed by atoms with Gasteiger partial charge in [-0.3, -0.25) is 0 Å². The third kappa shape index (κ3) is 1.96. The van der Waals surface area contributed by atoms with Crippen LogP contribution >= 0.6 is 15.9 Å². The first-order chi connectivity index (χ1) is 7.08. The summed E-state index contributed by atoms with van der Waals surface area (Å²) in [5.74, 6) is 1.28. The Morgan fingerprint density at radius 2 is 1.60 bits per heavy atom. The van der Waals surface area contributed by atoms with Gasteiger partial charge in [0, 0.05) is 15.6 Å². The largest absolute Gasteiger partial charge is 0.493 e. The zero-order valence-corrected chi connectivity index (χ0v) is 10.9. The van der Waals surface area contributed by atoms with Crippen LogP contribution in [0.25, 0.3) is 0 Å². The van der Waals surface area contributed by atoms with Crippen molar-refractivity contribution in [3.63, 3.8) is 0 Å². The highest BCUT2D eigenvalue weighted by atomic mass is 79.9. The Bertz CT molecular complexity index is 344. The maximum absolute atomic E-state index is 9.31. The second-order valence-electron chi connectivity index (χ2n) is 3.27. The van der Waals surface area contributed by atoms with Crippen molar-refractivity contribution in [2.24, 2.45) is 0 Å². The molecule has 0 fully saturated rings. The van der Waals surface area contributed by atoms with Crippen LogP contribution in [-0.4, -0.2) is 19.3 Å². The van der Waals surface area contributed by atoms with Crippen molar-refractivity contribution in [2.75, 3.05) is 14.2 Å². The minimum absolute atomic E-state index is 0.0652. The lowest BCUT2D eigenvalue weighted by atomic mass is 10.0. The van der Waals surface area contributed by atoms with Crippen LogP contribution in [0.4, 0.5) is 0 Å². The van der Waals surface area contributed by atoms with Crippen molar-refractivity contribution in [3.8, 4) is 11.5 Å². The molecule has 1 rings (SSSR count).